The van der Waals surface area contributed by atoms with Crippen LogP contribution in [0.15, 0.2) is 84.9 Å². The van der Waals surface area contributed by atoms with Gasteiger partial charge in [0.2, 0.25) is 0 Å². The first-order chi connectivity index (χ1) is 15.4. The molecule has 5 heteroatoms. The van der Waals surface area contributed by atoms with Crippen LogP contribution in [-0.2, 0) is 22.4 Å². The molecular weight excluding hydrogens is 402 g/mol. The van der Waals surface area contributed by atoms with Crippen molar-refractivity contribution in [2.45, 2.75) is 19.8 Å². The third-order valence-corrected chi connectivity index (χ3v) is 5.38. The maximum absolute atomic E-state index is 11.0. The van der Waals surface area contributed by atoms with Gasteiger partial charge in [0.25, 0.3) is 0 Å². The van der Waals surface area contributed by atoms with E-state index < -0.39 is 11.9 Å². The van der Waals surface area contributed by atoms with Crippen LogP contribution in [0.5, 0.6) is 0 Å². The molecule has 32 heavy (non-hydrogen) atoms. The molecule has 0 bridgehead atoms. The van der Waals surface area contributed by atoms with E-state index in [-0.39, 0.29) is 12.8 Å². The van der Waals surface area contributed by atoms with E-state index in [1.807, 2.05) is 67.6 Å². The zero-order valence-corrected chi connectivity index (χ0v) is 17.7. The van der Waals surface area contributed by atoms with Gasteiger partial charge in [-0.05, 0) is 53.4 Å². The second kappa shape index (κ2) is 8.94. The minimum atomic E-state index is -0.852. The fourth-order valence-electron chi connectivity index (χ4n) is 3.80. The Morgan fingerprint density at radius 3 is 1.41 bits per heavy atom. The van der Waals surface area contributed by atoms with Crippen molar-refractivity contribution < 1.29 is 19.8 Å². The summed E-state index contributed by atoms with van der Waals surface area (Å²) in [6.07, 6.45) is -0.0135. The highest BCUT2D eigenvalue weighted by molar-refractivity contribution is 5.75. The smallest absolute Gasteiger partial charge is 0.307 e. The van der Waals surface area contributed by atoms with E-state index in [1.165, 1.54) is 5.56 Å². The predicted octanol–water partition coefficient (Wildman–Crippen LogP) is 5.37. The second-order valence-corrected chi connectivity index (χ2v) is 7.81. The van der Waals surface area contributed by atoms with E-state index >= 15 is 0 Å². The lowest BCUT2D eigenvalue weighted by Gasteiger charge is -2.15. The average Bonchev–Trinajstić information content (AvgIpc) is 3.19. The van der Waals surface area contributed by atoms with Gasteiger partial charge in [0.05, 0.1) is 24.2 Å². The third-order valence-electron chi connectivity index (χ3n) is 5.38. The summed E-state index contributed by atoms with van der Waals surface area (Å²) < 4.78 is 2.16. The van der Waals surface area contributed by atoms with Gasteiger partial charge in [0.1, 0.15) is 0 Å². The number of rotatable bonds is 7. The lowest BCUT2D eigenvalue weighted by Crippen LogP contribution is -2.02. The van der Waals surface area contributed by atoms with E-state index in [4.69, 9.17) is 10.2 Å². The molecule has 160 valence electrons. The van der Waals surface area contributed by atoms with Gasteiger partial charge in [-0.15, -0.1) is 0 Å². The van der Waals surface area contributed by atoms with Crippen LogP contribution >= 0.6 is 0 Å². The predicted molar refractivity (Wildman–Crippen MR) is 124 cm³/mol. The molecule has 5 nitrogen and oxygen atoms in total. The van der Waals surface area contributed by atoms with Crippen molar-refractivity contribution in [3.63, 3.8) is 0 Å². The molecule has 0 saturated carbocycles. The molecule has 4 aromatic rings. The standard InChI is InChI=1S/C27H23NO4/c1-18-2-12-23(13-3-18)28-24(21-8-4-19(5-9-21)16-26(29)30)14-15-25(28)22-10-6-20(7-11-22)17-27(31)32/h2-15H,16-17H2,1H3,(H,29,30)(H,31,32). The van der Waals surface area contributed by atoms with E-state index in [1.54, 1.807) is 0 Å². The summed E-state index contributed by atoms with van der Waals surface area (Å²) in [6.45, 7) is 2.05. The SMILES string of the molecule is Cc1ccc(-n2c(-c3ccc(CC(=O)O)cc3)ccc2-c2ccc(CC(=O)O)cc2)cc1. The zero-order chi connectivity index (χ0) is 22.7. The normalized spacial score (nSPS) is 10.8. The Hall–Kier alpha value is -4.12. The molecule has 0 saturated heterocycles. The summed E-state index contributed by atoms with van der Waals surface area (Å²) in [6, 6.07) is 27.5. The molecule has 0 aliphatic rings. The van der Waals surface area contributed by atoms with Gasteiger partial charge < -0.3 is 14.8 Å². The van der Waals surface area contributed by atoms with Crippen LogP contribution < -0.4 is 0 Å². The van der Waals surface area contributed by atoms with Crippen molar-refractivity contribution in [1.29, 1.82) is 0 Å². The van der Waals surface area contributed by atoms with Crippen LogP contribution in [0.3, 0.4) is 0 Å². The van der Waals surface area contributed by atoms with Gasteiger partial charge in [-0.1, -0.05) is 66.2 Å². The highest BCUT2D eigenvalue weighted by Gasteiger charge is 2.14. The first-order valence-corrected chi connectivity index (χ1v) is 10.3. The number of aromatic nitrogens is 1. The average molecular weight is 425 g/mol. The Bertz CT molecular complexity index is 1170. The lowest BCUT2D eigenvalue weighted by atomic mass is 10.1. The van der Waals surface area contributed by atoms with E-state index in [2.05, 4.69) is 28.8 Å². The maximum Gasteiger partial charge on any atom is 0.307 e. The van der Waals surface area contributed by atoms with Gasteiger partial charge in [0, 0.05) is 5.69 Å². The fourth-order valence-corrected chi connectivity index (χ4v) is 3.80. The molecule has 0 aliphatic heterocycles. The number of nitrogens with zero attached hydrogens (tertiary/aromatic N) is 1. The molecule has 0 fully saturated rings. The molecule has 0 radical (unpaired) electrons. The van der Waals surface area contributed by atoms with E-state index in [0.29, 0.717) is 0 Å². The van der Waals surface area contributed by atoms with Crippen LogP contribution in [0.4, 0.5) is 0 Å². The monoisotopic (exact) mass is 425 g/mol. The van der Waals surface area contributed by atoms with Crippen LogP contribution in [0.25, 0.3) is 28.2 Å². The van der Waals surface area contributed by atoms with Crippen molar-refractivity contribution in [3.05, 3.63) is 102 Å². The molecule has 0 aliphatic carbocycles. The first kappa shape index (κ1) is 21.1. The topological polar surface area (TPSA) is 79.5 Å². The number of benzene rings is 3. The Labute approximate surface area is 186 Å². The molecule has 4 rings (SSSR count). The van der Waals surface area contributed by atoms with Crippen molar-refractivity contribution in [1.82, 2.24) is 4.57 Å². The molecule has 2 N–H and O–H groups in total. The third kappa shape index (κ3) is 4.62. The summed E-state index contributed by atoms with van der Waals surface area (Å²) in [4.78, 5) is 22.0. The molecule has 1 heterocycles. The number of hydrogen-bond acceptors (Lipinski definition) is 2. The Morgan fingerprint density at radius 2 is 1.03 bits per heavy atom. The van der Waals surface area contributed by atoms with Crippen LogP contribution in [0.2, 0.25) is 0 Å². The van der Waals surface area contributed by atoms with Gasteiger partial charge >= 0.3 is 11.9 Å². The molecule has 0 spiro atoms. The largest absolute Gasteiger partial charge is 0.481 e. The first-order valence-electron chi connectivity index (χ1n) is 10.3. The Balaban J connectivity index is 1.79. The minimum absolute atomic E-state index is 0.00675. The highest BCUT2D eigenvalue weighted by Crippen LogP contribution is 2.33. The van der Waals surface area contributed by atoms with Crippen molar-refractivity contribution in [2.75, 3.05) is 0 Å². The van der Waals surface area contributed by atoms with Gasteiger partial charge in [-0.2, -0.15) is 0 Å². The van der Waals surface area contributed by atoms with Crippen molar-refractivity contribution in [2.24, 2.45) is 0 Å². The molecule has 0 unspecified atom stereocenters. The number of carboxylic acids is 2. The van der Waals surface area contributed by atoms with Crippen molar-refractivity contribution >= 4 is 11.9 Å². The molecule has 3 aromatic carbocycles. The number of aliphatic carboxylic acids is 2. The second-order valence-electron chi connectivity index (χ2n) is 7.81. The van der Waals surface area contributed by atoms with E-state index in [0.717, 1.165) is 39.3 Å². The number of carboxylic acid groups (broad SMARTS) is 2. The lowest BCUT2D eigenvalue weighted by molar-refractivity contribution is -0.137. The summed E-state index contributed by atoms with van der Waals surface area (Å²) in [5.74, 6) is -1.70. The quantitative estimate of drug-likeness (QED) is 0.417. The maximum atomic E-state index is 11.0. The van der Waals surface area contributed by atoms with Crippen LogP contribution in [-0.4, -0.2) is 26.7 Å². The Morgan fingerprint density at radius 1 is 0.625 bits per heavy atom. The molecule has 1 aromatic heterocycles. The molecular formula is C27H23NO4. The zero-order valence-electron chi connectivity index (χ0n) is 17.7. The summed E-state index contributed by atoms with van der Waals surface area (Å²) >= 11 is 0. The highest BCUT2D eigenvalue weighted by atomic mass is 16.4. The van der Waals surface area contributed by atoms with Crippen LogP contribution in [0.1, 0.15) is 16.7 Å². The molecule has 0 amide bonds. The number of aryl methyl sites for hydroxylation is 1. The summed E-state index contributed by atoms with van der Waals surface area (Å²) in [7, 11) is 0. The van der Waals surface area contributed by atoms with Gasteiger partial charge in [-0.3, -0.25) is 9.59 Å². The minimum Gasteiger partial charge on any atom is -0.481 e. The van der Waals surface area contributed by atoms with Gasteiger partial charge in [-0.25, -0.2) is 0 Å². The van der Waals surface area contributed by atoms with Gasteiger partial charge in [0.15, 0.2) is 0 Å². The summed E-state index contributed by atoms with van der Waals surface area (Å²) in [5, 5.41) is 18.1. The van der Waals surface area contributed by atoms with E-state index in [9.17, 15) is 9.59 Å². The summed E-state index contributed by atoms with van der Waals surface area (Å²) in [5.41, 5.74) is 7.62. The molecule has 0 atom stereocenters. The fraction of sp³-hybridized carbons (Fsp3) is 0.111. The Kier molecular flexibility index (Phi) is 5.90. The van der Waals surface area contributed by atoms with Crippen LogP contribution in [0, 0.1) is 6.92 Å². The number of hydrogen-bond donors (Lipinski definition) is 2. The number of carbonyl (C=O) groups is 2. The van der Waals surface area contributed by atoms with Crippen molar-refractivity contribution in [3.8, 4) is 28.2 Å².